The Hall–Kier alpha value is -4.14. The van der Waals surface area contributed by atoms with E-state index in [4.69, 9.17) is 9.26 Å². The number of aromatic nitrogens is 1. The third-order valence-electron chi connectivity index (χ3n) is 4.46. The molecule has 9 heteroatoms. The Morgan fingerprint density at radius 3 is 2.73 bits per heavy atom. The van der Waals surface area contributed by atoms with Crippen LogP contribution in [0.25, 0.3) is 11.3 Å². The van der Waals surface area contributed by atoms with Crippen molar-refractivity contribution in [3.63, 3.8) is 0 Å². The zero-order valence-electron chi connectivity index (χ0n) is 15.8. The van der Waals surface area contributed by atoms with Gasteiger partial charge in [-0.15, -0.1) is 0 Å². The number of carbonyl (C=O) groups excluding carboxylic acids is 3. The van der Waals surface area contributed by atoms with Gasteiger partial charge in [0.1, 0.15) is 5.75 Å². The highest BCUT2D eigenvalue weighted by Crippen LogP contribution is 2.26. The van der Waals surface area contributed by atoms with Crippen molar-refractivity contribution in [2.45, 2.75) is 12.8 Å². The van der Waals surface area contributed by atoms with Crippen LogP contribution in [0.4, 0.5) is 5.69 Å². The Bertz CT molecular complexity index is 1090. The lowest BCUT2D eigenvalue weighted by atomic mass is 10.0. The van der Waals surface area contributed by atoms with Crippen molar-refractivity contribution in [3.05, 3.63) is 65.9 Å². The van der Waals surface area contributed by atoms with E-state index in [0.717, 1.165) is 16.8 Å². The van der Waals surface area contributed by atoms with Crippen LogP contribution < -0.4 is 20.9 Å². The first-order valence-corrected chi connectivity index (χ1v) is 9.25. The summed E-state index contributed by atoms with van der Waals surface area (Å²) in [5.41, 5.74) is 7.04. The number of anilines is 1. The average Bonchev–Trinajstić information content (AvgIpc) is 3.27. The molecule has 0 radical (unpaired) electrons. The highest BCUT2D eigenvalue weighted by Gasteiger charge is 2.16. The lowest BCUT2D eigenvalue weighted by Crippen LogP contribution is -2.43. The molecule has 0 saturated heterocycles. The van der Waals surface area contributed by atoms with Gasteiger partial charge in [0.2, 0.25) is 5.91 Å². The average molecular weight is 406 g/mol. The molecule has 3 amide bonds. The van der Waals surface area contributed by atoms with E-state index >= 15 is 0 Å². The molecule has 0 aliphatic carbocycles. The van der Waals surface area contributed by atoms with E-state index in [1.54, 1.807) is 18.2 Å². The maximum absolute atomic E-state index is 12.1. The Labute approximate surface area is 171 Å². The molecule has 0 fully saturated rings. The normalized spacial score (nSPS) is 12.5. The molecule has 4 rings (SSSR count). The number of amides is 3. The first kappa shape index (κ1) is 19.2. The molecule has 3 aromatic rings. The van der Waals surface area contributed by atoms with Gasteiger partial charge in [-0.3, -0.25) is 25.2 Å². The van der Waals surface area contributed by atoms with E-state index in [2.05, 4.69) is 21.3 Å². The van der Waals surface area contributed by atoms with Gasteiger partial charge in [-0.1, -0.05) is 35.5 Å². The number of hydrogen-bond acceptors (Lipinski definition) is 6. The van der Waals surface area contributed by atoms with Gasteiger partial charge in [-0.2, -0.15) is 0 Å². The van der Waals surface area contributed by atoms with Crippen molar-refractivity contribution in [1.29, 1.82) is 0 Å². The molecular weight excluding hydrogens is 388 g/mol. The molecule has 0 atom stereocenters. The minimum Gasteiger partial charge on any atom is -0.484 e. The predicted octanol–water partition coefficient (Wildman–Crippen LogP) is 2.07. The molecule has 1 aliphatic rings. The minimum atomic E-state index is -0.612. The Kier molecular flexibility index (Phi) is 5.42. The van der Waals surface area contributed by atoms with Crippen LogP contribution >= 0.6 is 0 Å². The molecule has 3 N–H and O–H groups in total. The molecule has 2 heterocycles. The van der Waals surface area contributed by atoms with E-state index in [0.29, 0.717) is 24.4 Å². The Balaban J connectivity index is 1.26. The van der Waals surface area contributed by atoms with E-state index in [1.807, 2.05) is 30.3 Å². The number of benzene rings is 2. The molecule has 30 heavy (non-hydrogen) atoms. The number of nitrogens with zero attached hydrogens (tertiary/aromatic N) is 1. The summed E-state index contributed by atoms with van der Waals surface area (Å²) < 4.78 is 10.6. The van der Waals surface area contributed by atoms with Crippen molar-refractivity contribution in [2.24, 2.45) is 0 Å². The number of ether oxygens (including phenoxy) is 1. The van der Waals surface area contributed by atoms with Crippen molar-refractivity contribution in [1.82, 2.24) is 16.0 Å². The summed E-state index contributed by atoms with van der Waals surface area (Å²) in [6.07, 6.45) is 1.03. The molecule has 0 unspecified atom stereocenters. The number of hydrogen-bond donors (Lipinski definition) is 3. The van der Waals surface area contributed by atoms with Gasteiger partial charge in [0, 0.05) is 23.7 Å². The summed E-state index contributed by atoms with van der Waals surface area (Å²) in [5, 5.41) is 6.49. The van der Waals surface area contributed by atoms with Crippen molar-refractivity contribution in [3.8, 4) is 17.1 Å². The second kappa shape index (κ2) is 8.48. The van der Waals surface area contributed by atoms with Crippen LogP contribution in [0.5, 0.6) is 5.75 Å². The number of hydrazine groups is 1. The van der Waals surface area contributed by atoms with Gasteiger partial charge in [0.15, 0.2) is 18.1 Å². The fraction of sp³-hybridized carbons (Fsp3) is 0.143. The van der Waals surface area contributed by atoms with Crippen molar-refractivity contribution in [2.75, 3.05) is 11.9 Å². The first-order valence-electron chi connectivity index (χ1n) is 9.25. The van der Waals surface area contributed by atoms with Crippen molar-refractivity contribution < 1.29 is 23.6 Å². The van der Waals surface area contributed by atoms with Crippen LogP contribution in [0, 0.1) is 0 Å². The molecule has 0 saturated carbocycles. The zero-order valence-corrected chi connectivity index (χ0v) is 15.8. The Morgan fingerprint density at radius 2 is 1.90 bits per heavy atom. The summed E-state index contributed by atoms with van der Waals surface area (Å²) in [4.78, 5) is 35.5. The molecule has 0 spiro atoms. The van der Waals surface area contributed by atoms with E-state index in [-0.39, 0.29) is 18.2 Å². The summed E-state index contributed by atoms with van der Waals surface area (Å²) in [6, 6.07) is 15.9. The second-order valence-electron chi connectivity index (χ2n) is 6.60. The predicted molar refractivity (Wildman–Crippen MR) is 106 cm³/mol. The van der Waals surface area contributed by atoms with Gasteiger partial charge >= 0.3 is 0 Å². The third kappa shape index (κ3) is 4.46. The molecular formula is C21H18N4O5. The van der Waals surface area contributed by atoms with E-state index in [1.165, 1.54) is 6.07 Å². The van der Waals surface area contributed by atoms with E-state index < -0.39 is 11.8 Å². The van der Waals surface area contributed by atoms with Crippen molar-refractivity contribution >= 4 is 23.4 Å². The maximum atomic E-state index is 12.1. The van der Waals surface area contributed by atoms with E-state index in [9.17, 15) is 14.4 Å². The topological polar surface area (TPSA) is 123 Å². The standard InChI is InChI=1S/C21H18N4O5/c26-19-9-6-14-10-15(7-8-16(14)22-19)29-12-20(27)23-24-21(28)17-11-18(30-25-17)13-4-2-1-3-5-13/h1-5,7-8,10-11H,6,9,12H2,(H,22,26)(H,23,27)(H,24,28). The second-order valence-corrected chi connectivity index (χ2v) is 6.60. The summed E-state index contributed by atoms with van der Waals surface area (Å²) in [7, 11) is 0. The van der Waals surface area contributed by atoms with Gasteiger partial charge in [-0.05, 0) is 30.2 Å². The zero-order chi connectivity index (χ0) is 20.9. The summed E-state index contributed by atoms with van der Waals surface area (Å²) >= 11 is 0. The number of carbonyl (C=O) groups is 3. The van der Waals surface area contributed by atoms with Gasteiger partial charge in [-0.25, -0.2) is 0 Å². The van der Waals surface area contributed by atoms with Crippen LogP contribution in [-0.2, 0) is 16.0 Å². The van der Waals surface area contributed by atoms with Crippen LogP contribution in [0.3, 0.4) is 0 Å². The number of fused-ring (bicyclic) bond motifs is 1. The maximum Gasteiger partial charge on any atom is 0.291 e. The highest BCUT2D eigenvalue weighted by atomic mass is 16.5. The molecule has 9 nitrogen and oxygen atoms in total. The van der Waals surface area contributed by atoms with Gasteiger partial charge in [0.05, 0.1) is 0 Å². The Morgan fingerprint density at radius 1 is 1.07 bits per heavy atom. The molecule has 152 valence electrons. The third-order valence-corrected chi connectivity index (χ3v) is 4.46. The van der Waals surface area contributed by atoms with Crippen LogP contribution in [0.1, 0.15) is 22.5 Å². The lowest BCUT2D eigenvalue weighted by Gasteiger charge is -2.17. The van der Waals surface area contributed by atoms with Gasteiger partial charge in [0.25, 0.3) is 11.8 Å². The number of rotatable bonds is 5. The molecule has 1 aliphatic heterocycles. The number of nitrogens with one attached hydrogen (secondary N) is 3. The quantitative estimate of drug-likeness (QED) is 0.558. The first-order chi connectivity index (χ1) is 14.6. The minimum absolute atomic E-state index is 0.0192. The van der Waals surface area contributed by atoms with Crippen LogP contribution in [-0.4, -0.2) is 29.5 Å². The smallest absolute Gasteiger partial charge is 0.291 e. The largest absolute Gasteiger partial charge is 0.484 e. The highest BCUT2D eigenvalue weighted by molar-refractivity contribution is 5.95. The molecule has 2 aromatic carbocycles. The lowest BCUT2D eigenvalue weighted by molar-refractivity contribution is -0.123. The fourth-order valence-corrected chi connectivity index (χ4v) is 2.95. The fourth-order valence-electron chi connectivity index (χ4n) is 2.95. The summed E-state index contributed by atoms with van der Waals surface area (Å²) in [5.74, 6) is -0.233. The SMILES string of the molecule is O=C(COc1ccc2c(c1)CCC(=O)N2)NNC(=O)c1cc(-c2ccccc2)on1. The monoisotopic (exact) mass is 406 g/mol. The summed E-state index contributed by atoms with van der Waals surface area (Å²) in [6.45, 7) is -0.292. The number of aryl methyl sites for hydroxylation is 1. The molecule has 0 bridgehead atoms. The molecule has 1 aromatic heterocycles. The van der Waals surface area contributed by atoms with Gasteiger partial charge < -0.3 is 14.6 Å². The van der Waals surface area contributed by atoms with Crippen LogP contribution in [0.2, 0.25) is 0 Å². The van der Waals surface area contributed by atoms with Crippen LogP contribution in [0.15, 0.2) is 59.1 Å².